The molecule has 2 heterocycles. The molecule has 2 unspecified atom stereocenters. The average molecular weight is 316 g/mol. The first-order valence-electron chi connectivity index (χ1n) is 8.29. The van der Waals surface area contributed by atoms with Crippen LogP contribution < -0.4 is 4.90 Å². The fourth-order valence-corrected chi connectivity index (χ4v) is 3.65. The van der Waals surface area contributed by atoms with Crippen molar-refractivity contribution in [1.82, 2.24) is 4.90 Å². The molecule has 1 saturated heterocycles. The van der Waals surface area contributed by atoms with Gasteiger partial charge in [0.1, 0.15) is 0 Å². The average Bonchev–Trinajstić information content (AvgIpc) is 3.06. The summed E-state index contributed by atoms with van der Waals surface area (Å²) in [5.74, 6) is -0.0525. The molecule has 1 aromatic carbocycles. The Hall–Kier alpha value is -1.88. The molecule has 5 heteroatoms. The Morgan fingerprint density at radius 1 is 1.30 bits per heavy atom. The molecule has 0 aromatic heterocycles. The molecule has 0 aliphatic carbocycles. The van der Waals surface area contributed by atoms with Crippen LogP contribution in [0.4, 0.5) is 5.69 Å². The minimum Gasteiger partial charge on any atom is -0.385 e. The maximum absolute atomic E-state index is 13.0. The maximum Gasteiger partial charge on any atom is 0.232 e. The number of rotatable bonds is 5. The lowest BCUT2D eigenvalue weighted by molar-refractivity contribution is -0.128. The number of amides is 2. The van der Waals surface area contributed by atoms with Gasteiger partial charge in [-0.05, 0) is 31.4 Å². The van der Waals surface area contributed by atoms with Crippen molar-refractivity contribution in [2.24, 2.45) is 5.92 Å². The summed E-state index contributed by atoms with van der Waals surface area (Å²) in [4.78, 5) is 28.8. The fourth-order valence-electron chi connectivity index (χ4n) is 3.65. The predicted octanol–water partition coefficient (Wildman–Crippen LogP) is 1.85. The second-order valence-corrected chi connectivity index (χ2v) is 6.48. The van der Waals surface area contributed by atoms with E-state index in [1.807, 2.05) is 23.1 Å². The molecular formula is C18H24N2O3. The van der Waals surface area contributed by atoms with Crippen LogP contribution >= 0.6 is 0 Å². The van der Waals surface area contributed by atoms with E-state index in [1.165, 1.54) is 5.56 Å². The molecular weight excluding hydrogens is 292 g/mol. The molecule has 2 aliphatic heterocycles. The molecule has 2 atom stereocenters. The summed E-state index contributed by atoms with van der Waals surface area (Å²) in [5, 5.41) is 0. The van der Waals surface area contributed by atoms with Crippen molar-refractivity contribution in [3.05, 3.63) is 29.8 Å². The van der Waals surface area contributed by atoms with Crippen molar-refractivity contribution in [3.8, 4) is 0 Å². The van der Waals surface area contributed by atoms with Gasteiger partial charge in [-0.25, -0.2) is 0 Å². The second-order valence-electron chi connectivity index (χ2n) is 6.48. The molecule has 0 bridgehead atoms. The molecule has 2 aliphatic rings. The van der Waals surface area contributed by atoms with E-state index in [0.717, 1.165) is 18.5 Å². The van der Waals surface area contributed by atoms with Crippen molar-refractivity contribution in [3.63, 3.8) is 0 Å². The smallest absolute Gasteiger partial charge is 0.232 e. The summed E-state index contributed by atoms with van der Waals surface area (Å²) in [5.41, 5.74) is 2.23. The van der Waals surface area contributed by atoms with Gasteiger partial charge in [0.05, 0.1) is 5.92 Å². The number of hydrogen-bond acceptors (Lipinski definition) is 3. The van der Waals surface area contributed by atoms with Crippen LogP contribution in [0.1, 0.15) is 25.3 Å². The molecule has 124 valence electrons. The van der Waals surface area contributed by atoms with Crippen LogP contribution in [0.3, 0.4) is 0 Å². The van der Waals surface area contributed by atoms with Gasteiger partial charge in [-0.3, -0.25) is 9.59 Å². The Morgan fingerprint density at radius 2 is 2.09 bits per heavy atom. The van der Waals surface area contributed by atoms with E-state index in [9.17, 15) is 9.59 Å². The number of fused-ring (bicyclic) bond motifs is 1. The molecule has 0 N–H and O–H groups in total. The fraction of sp³-hybridized carbons (Fsp3) is 0.556. The standard InChI is InChI=1S/C18H24N2O3/c1-13-10-14-6-3-4-7-16(14)20(13)18(22)15-11-17(21)19(12-15)8-5-9-23-2/h3-4,6-7,13,15H,5,8-12H2,1-2H3. The topological polar surface area (TPSA) is 49.9 Å². The number of para-hydroxylation sites is 1. The Kier molecular flexibility index (Phi) is 4.66. The maximum atomic E-state index is 13.0. The van der Waals surface area contributed by atoms with Crippen LogP contribution in [-0.4, -0.2) is 49.6 Å². The molecule has 0 spiro atoms. The zero-order valence-corrected chi connectivity index (χ0v) is 13.8. The summed E-state index contributed by atoms with van der Waals surface area (Å²) in [6.07, 6.45) is 2.03. The van der Waals surface area contributed by atoms with Crippen LogP contribution in [0.5, 0.6) is 0 Å². The number of hydrogen-bond donors (Lipinski definition) is 0. The molecule has 0 saturated carbocycles. The number of carbonyl (C=O) groups excluding carboxylic acids is 2. The van der Waals surface area contributed by atoms with E-state index in [0.29, 0.717) is 26.1 Å². The molecule has 5 nitrogen and oxygen atoms in total. The quantitative estimate of drug-likeness (QED) is 0.779. The van der Waals surface area contributed by atoms with Gasteiger partial charge >= 0.3 is 0 Å². The van der Waals surface area contributed by atoms with Crippen LogP contribution in [0.2, 0.25) is 0 Å². The highest BCUT2D eigenvalue weighted by atomic mass is 16.5. The molecule has 3 rings (SSSR count). The minimum atomic E-state index is -0.223. The number of anilines is 1. The van der Waals surface area contributed by atoms with E-state index in [2.05, 4.69) is 13.0 Å². The van der Waals surface area contributed by atoms with Gasteiger partial charge in [0.2, 0.25) is 11.8 Å². The lowest BCUT2D eigenvalue weighted by atomic mass is 10.1. The number of nitrogens with zero attached hydrogens (tertiary/aromatic N) is 2. The predicted molar refractivity (Wildman–Crippen MR) is 88.3 cm³/mol. The van der Waals surface area contributed by atoms with Gasteiger partial charge in [0, 0.05) is 45.0 Å². The number of methoxy groups -OCH3 is 1. The lowest BCUT2D eigenvalue weighted by Gasteiger charge is -2.26. The van der Waals surface area contributed by atoms with Gasteiger partial charge in [-0.1, -0.05) is 18.2 Å². The molecule has 2 amide bonds. The third-order valence-electron chi connectivity index (χ3n) is 4.78. The van der Waals surface area contributed by atoms with Gasteiger partial charge < -0.3 is 14.5 Å². The zero-order valence-electron chi connectivity index (χ0n) is 13.8. The first kappa shape index (κ1) is 16.0. The highest BCUT2D eigenvalue weighted by Gasteiger charge is 2.40. The Labute approximate surface area is 137 Å². The van der Waals surface area contributed by atoms with Crippen molar-refractivity contribution < 1.29 is 14.3 Å². The number of benzene rings is 1. The largest absolute Gasteiger partial charge is 0.385 e. The minimum absolute atomic E-state index is 0.0830. The SMILES string of the molecule is COCCCN1CC(C(=O)N2c3ccccc3CC2C)CC1=O. The first-order valence-corrected chi connectivity index (χ1v) is 8.29. The van der Waals surface area contributed by atoms with E-state index < -0.39 is 0 Å². The van der Waals surface area contributed by atoms with Crippen LogP contribution in [0, 0.1) is 5.92 Å². The highest BCUT2D eigenvalue weighted by molar-refractivity contribution is 6.01. The summed E-state index contributed by atoms with van der Waals surface area (Å²) in [6, 6.07) is 8.22. The molecule has 1 aromatic rings. The number of carbonyl (C=O) groups is 2. The van der Waals surface area contributed by atoms with Gasteiger partial charge in [0.15, 0.2) is 0 Å². The van der Waals surface area contributed by atoms with Crippen molar-refractivity contribution in [2.75, 3.05) is 31.7 Å². The Morgan fingerprint density at radius 3 is 2.87 bits per heavy atom. The second kappa shape index (κ2) is 6.71. The van der Waals surface area contributed by atoms with Gasteiger partial charge in [0.25, 0.3) is 0 Å². The van der Waals surface area contributed by atoms with Gasteiger partial charge in [-0.15, -0.1) is 0 Å². The summed E-state index contributed by atoms with van der Waals surface area (Å²) in [7, 11) is 1.66. The third-order valence-corrected chi connectivity index (χ3v) is 4.78. The van der Waals surface area contributed by atoms with Gasteiger partial charge in [-0.2, -0.15) is 0 Å². The third kappa shape index (κ3) is 3.11. The lowest BCUT2D eigenvalue weighted by Crippen LogP contribution is -2.41. The van der Waals surface area contributed by atoms with Crippen molar-refractivity contribution in [1.29, 1.82) is 0 Å². The van der Waals surface area contributed by atoms with E-state index in [4.69, 9.17) is 4.74 Å². The highest BCUT2D eigenvalue weighted by Crippen LogP contribution is 2.34. The summed E-state index contributed by atoms with van der Waals surface area (Å²) in [6.45, 7) is 3.92. The summed E-state index contributed by atoms with van der Waals surface area (Å²) >= 11 is 0. The molecule has 0 radical (unpaired) electrons. The monoisotopic (exact) mass is 316 g/mol. The van der Waals surface area contributed by atoms with E-state index in [-0.39, 0.29) is 23.8 Å². The Bertz CT molecular complexity index is 602. The zero-order chi connectivity index (χ0) is 16.4. The first-order chi connectivity index (χ1) is 11.1. The van der Waals surface area contributed by atoms with Crippen LogP contribution in [0.25, 0.3) is 0 Å². The summed E-state index contributed by atoms with van der Waals surface area (Å²) < 4.78 is 5.03. The Balaban J connectivity index is 1.68. The van der Waals surface area contributed by atoms with E-state index >= 15 is 0 Å². The van der Waals surface area contributed by atoms with Crippen LogP contribution in [0.15, 0.2) is 24.3 Å². The van der Waals surface area contributed by atoms with E-state index in [1.54, 1.807) is 12.0 Å². The normalized spacial score (nSPS) is 23.5. The molecule has 1 fully saturated rings. The molecule has 23 heavy (non-hydrogen) atoms. The number of likely N-dealkylation sites (tertiary alicyclic amines) is 1. The van der Waals surface area contributed by atoms with Crippen molar-refractivity contribution in [2.45, 2.75) is 32.2 Å². The van der Waals surface area contributed by atoms with Crippen molar-refractivity contribution >= 4 is 17.5 Å². The van der Waals surface area contributed by atoms with Crippen LogP contribution in [-0.2, 0) is 20.7 Å². The number of ether oxygens (including phenoxy) is 1.